The number of benzene rings is 2. The number of aromatic hydroxyl groups is 1. The molecule has 1 spiro atoms. The van der Waals surface area contributed by atoms with Gasteiger partial charge in [-0.1, -0.05) is 6.07 Å². The number of nitrogens with one attached hydrogen (secondary N) is 1. The predicted octanol–water partition coefficient (Wildman–Crippen LogP) is 3.84. The Kier molecular flexibility index (Phi) is 6.89. The van der Waals surface area contributed by atoms with Crippen LogP contribution in [0.2, 0.25) is 0 Å². The van der Waals surface area contributed by atoms with E-state index in [0.29, 0.717) is 36.6 Å². The van der Waals surface area contributed by atoms with E-state index >= 15 is 0 Å². The van der Waals surface area contributed by atoms with Crippen molar-refractivity contribution in [3.63, 3.8) is 0 Å². The van der Waals surface area contributed by atoms with Crippen molar-refractivity contribution in [3.05, 3.63) is 58.4 Å². The van der Waals surface area contributed by atoms with Gasteiger partial charge in [-0.25, -0.2) is 4.79 Å². The van der Waals surface area contributed by atoms with Crippen LogP contribution in [0.3, 0.4) is 0 Å². The van der Waals surface area contributed by atoms with Gasteiger partial charge in [0.15, 0.2) is 17.6 Å². The monoisotopic (exact) mass is 578 g/mol. The van der Waals surface area contributed by atoms with Crippen LogP contribution in [-0.4, -0.2) is 76.6 Å². The highest BCUT2D eigenvalue weighted by molar-refractivity contribution is 6.07. The number of aliphatic hydroxyl groups excluding tert-OH is 1. The van der Waals surface area contributed by atoms with E-state index in [1.54, 1.807) is 26.0 Å². The van der Waals surface area contributed by atoms with Crippen molar-refractivity contribution in [3.8, 4) is 17.2 Å². The Morgan fingerprint density at radius 1 is 1.21 bits per heavy atom. The maximum Gasteiger partial charge on any atom is 0.340 e. The highest BCUT2D eigenvalue weighted by Gasteiger charge is 2.69. The number of carbonyl (C=O) groups excluding carboxylic acids is 2. The number of piperidine rings is 1. The smallest absolute Gasteiger partial charge is 0.340 e. The van der Waals surface area contributed by atoms with Crippen molar-refractivity contribution >= 4 is 17.6 Å². The molecule has 6 rings (SSSR count). The molecule has 2 aliphatic carbocycles. The fraction of sp³-hybridized carbons (Fsp3) is 0.500. The summed E-state index contributed by atoms with van der Waals surface area (Å²) in [5, 5.41) is 37.6. The molecular weight excluding hydrogens is 540 g/mol. The quantitative estimate of drug-likeness (QED) is 0.209. The number of hydrogen-bond donors (Lipinski definition) is 4. The molecule has 1 saturated heterocycles. The first-order chi connectivity index (χ1) is 20.0. The summed E-state index contributed by atoms with van der Waals surface area (Å²) in [6.45, 7) is 6.71. The van der Waals surface area contributed by atoms with Gasteiger partial charge in [-0.2, -0.15) is 0 Å². The van der Waals surface area contributed by atoms with Crippen LogP contribution in [0.25, 0.3) is 0 Å². The second-order valence-corrected chi connectivity index (χ2v) is 12.1. The van der Waals surface area contributed by atoms with Gasteiger partial charge in [0.2, 0.25) is 0 Å². The fourth-order valence-corrected chi connectivity index (χ4v) is 7.24. The number of phenols is 1. The number of fused-ring (bicyclic) bond motifs is 1. The standard InChI is InChI=1S/C32H38N2O8/c1-5-41-30(38)21-15-20(40-4)9-10-22(21)33-29(37)17(2)26(36)28-32-12-13-34(16-18-6-7-18)24(31(32,3)39)14-19-8-11-23(35)27(42-28)25(19)32/h8-11,15,18,24,28,35-36,39H,5-7,12-14,16H2,1-4H3,(H,33,37)/b26-17-/t24-,28+,31-,32+/m1/s1. The summed E-state index contributed by atoms with van der Waals surface area (Å²) < 4.78 is 16.7. The maximum atomic E-state index is 13.5. The molecule has 2 fully saturated rings. The number of carbonyl (C=O) groups is 2. The lowest BCUT2D eigenvalue weighted by atomic mass is 9.53. The van der Waals surface area contributed by atoms with Gasteiger partial charge in [-0.05, 0) is 88.7 Å². The van der Waals surface area contributed by atoms with Crippen LogP contribution in [-0.2, 0) is 21.4 Å². The molecule has 224 valence electrons. The second kappa shape index (κ2) is 10.2. The number of aliphatic hydroxyl groups is 2. The van der Waals surface area contributed by atoms with Crippen LogP contribution in [0.15, 0.2) is 41.7 Å². The minimum Gasteiger partial charge on any atom is -0.508 e. The predicted molar refractivity (Wildman–Crippen MR) is 154 cm³/mol. The van der Waals surface area contributed by atoms with E-state index in [-0.39, 0.29) is 46.7 Å². The van der Waals surface area contributed by atoms with E-state index in [1.165, 1.54) is 39.0 Å². The third-order valence-corrected chi connectivity index (χ3v) is 9.69. The third-order valence-electron chi connectivity index (χ3n) is 9.69. The molecule has 4 aliphatic rings. The van der Waals surface area contributed by atoms with E-state index in [2.05, 4.69) is 10.2 Å². The Hall–Kier alpha value is -3.76. The topological polar surface area (TPSA) is 138 Å². The first-order valence-electron chi connectivity index (χ1n) is 14.6. The number of hydrogen-bond acceptors (Lipinski definition) is 9. The average Bonchev–Trinajstić information content (AvgIpc) is 3.71. The molecule has 42 heavy (non-hydrogen) atoms. The first kappa shape index (κ1) is 28.4. The number of esters is 1. The minimum absolute atomic E-state index is 0.0350. The van der Waals surface area contributed by atoms with Gasteiger partial charge in [-0.15, -0.1) is 0 Å². The van der Waals surface area contributed by atoms with Crippen molar-refractivity contribution < 1.29 is 39.1 Å². The maximum absolute atomic E-state index is 13.5. The van der Waals surface area contributed by atoms with Gasteiger partial charge in [0.05, 0.1) is 41.6 Å². The number of nitrogens with zero attached hydrogens (tertiary/aromatic N) is 1. The lowest BCUT2D eigenvalue weighted by molar-refractivity contribution is -0.153. The van der Waals surface area contributed by atoms with Crippen molar-refractivity contribution in [2.75, 3.05) is 32.1 Å². The zero-order valence-corrected chi connectivity index (χ0v) is 24.4. The largest absolute Gasteiger partial charge is 0.508 e. The van der Waals surface area contributed by atoms with Crippen molar-refractivity contribution in [2.45, 2.75) is 69.6 Å². The number of anilines is 1. The van der Waals surface area contributed by atoms with Gasteiger partial charge < -0.3 is 34.8 Å². The molecule has 0 aromatic heterocycles. The van der Waals surface area contributed by atoms with Gasteiger partial charge in [0.1, 0.15) is 11.5 Å². The van der Waals surface area contributed by atoms with E-state index in [9.17, 15) is 24.9 Å². The van der Waals surface area contributed by atoms with Gasteiger partial charge in [-0.3, -0.25) is 9.69 Å². The zero-order chi connectivity index (χ0) is 30.0. The van der Waals surface area contributed by atoms with Crippen LogP contribution >= 0.6 is 0 Å². The van der Waals surface area contributed by atoms with Crippen LogP contribution in [0.4, 0.5) is 5.69 Å². The number of ether oxygens (including phenoxy) is 3. The van der Waals surface area contributed by atoms with Crippen molar-refractivity contribution in [1.29, 1.82) is 0 Å². The lowest BCUT2D eigenvalue weighted by Gasteiger charge is -2.59. The summed E-state index contributed by atoms with van der Waals surface area (Å²) in [5.41, 5.74) is -0.467. The van der Waals surface area contributed by atoms with Crippen molar-refractivity contribution in [1.82, 2.24) is 4.90 Å². The molecule has 10 nitrogen and oxygen atoms in total. The Bertz CT molecular complexity index is 1480. The summed E-state index contributed by atoms with van der Waals surface area (Å²) in [4.78, 5) is 28.5. The van der Waals surface area contributed by atoms with E-state index in [4.69, 9.17) is 14.2 Å². The van der Waals surface area contributed by atoms with Crippen molar-refractivity contribution in [2.24, 2.45) is 5.92 Å². The number of amides is 1. The normalized spacial score (nSPS) is 28.3. The average molecular weight is 579 g/mol. The lowest BCUT2D eigenvalue weighted by Crippen LogP contribution is -2.73. The summed E-state index contributed by atoms with van der Waals surface area (Å²) in [6, 6.07) is 7.86. The second-order valence-electron chi connectivity index (χ2n) is 12.1. The zero-order valence-electron chi connectivity index (χ0n) is 24.4. The van der Waals surface area contributed by atoms with E-state index < -0.39 is 29.0 Å². The summed E-state index contributed by atoms with van der Waals surface area (Å²) in [5.74, 6) is -0.391. The van der Waals surface area contributed by atoms with Crippen LogP contribution < -0.4 is 14.8 Å². The molecular formula is C32H38N2O8. The number of rotatable bonds is 8. The molecule has 0 unspecified atom stereocenters. The van der Waals surface area contributed by atoms with E-state index in [1.807, 2.05) is 6.07 Å². The Labute approximate surface area is 244 Å². The van der Waals surface area contributed by atoms with Crippen LogP contribution in [0, 0.1) is 5.92 Å². The molecule has 2 bridgehead atoms. The Morgan fingerprint density at radius 3 is 2.67 bits per heavy atom. The molecule has 4 atom stereocenters. The first-order valence-corrected chi connectivity index (χ1v) is 14.6. The van der Waals surface area contributed by atoms with E-state index in [0.717, 1.165) is 12.1 Å². The molecule has 0 radical (unpaired) electrons. The summed E-state index contributed by atoms with van der Waals surface area (Å²) in [6.07, 6.45) is 2.35. The van der Waals surface area contributed by atoms with Gasteiger partial charge in [0.25, 0.3) is 5.91 Å². The van der Waals surface area contributed by atoms with Crippen LogP contribution in [0.5, 0.6) is 17.2 Å². The summed E-state index contributed by atoms with van der Waals surface area (Å²) >= 11 is 0. The molecule has 1 amide bonds. The molecule has 10 heteroatoms. The SMILES string of the molecule is CCOC(=O)c1cc(OC)ccc1NC(=O)/C(C)=C(\O)[C@@H]1Oc2c(O)ccc3c2[C@@]12CCN(CC1CC1)[C@H](C3)[C@@]2(C)O. The fourth-order valence-electron chi connectivity index (χ4n) is 7.24. The number of phenolic OH excluding ortho intramolecular Hbond substituents is 1. The third kappa shape index (κ3) is 4.22. The number of likely N-dealkylation sites (tertiary alicyclic amines) is 1. The molecule has 1 saturated carbocycles. The molecule has 2 aromatic rings. The van der Waals surface area contributed by atoms with Gasteiger partial charge in [0, 0.05) is 18.2 Å². The highest BCUT2D eigenvalue weighted by Crippen LogP contribution is 2.63. The molecule has 4 N–H and O–H groups in total. The van der Waals surface area contributed by atoms with Crippen LogP contribution in [0.1, 0.15) is 61.5 Å². The van der Waals surface area contributed by atoms with Gasteiger partial charge >= 0.3 is 5.97 Å². The molecule has 2 aliphatic heterocycles. The molecule has 2 aromatic carbocycles. The Morgan fingerprint density at radius 2 is 1.98 bits per heavy atom. The summed E-state index contributed by atoms with van der Waals surface area (Å²) in [7, 11) is 1.47. The molecule has 2 heterocycles. The minimum atomic E-state index is -1.32. The highest BCUT2D eigenvalue weighted by atomic mass is 16.5. The number of methoxy groups -OCH3 is 1. The Balaban J connectivity index is 1.38.